The average molecular weight is 339 g/mol. The Morgan fingerprint density at radius 3 is 2.10 bits per heavy atom. The van der Waals surface area contributed by atoms with Crippen molar-refractivity contribution in [3.8, 4) is 0 Å². The second-order valence-electron chi connectivity index (χ2n) is 5.63. The van der Waals surface area contributed by atoms with Crippen LogP contribution in [-0.2, 0) is 0 Å². The van der Waals surface area contributed by atoms with E-state index >= 15 is 0 Å². The van der Waals surface area contributed by atoms with E-state index in [1.54, 1.807) is 0 Å². The zero-order valence-electron chi connectivity index (χ0n) is 12.5. The smallest absolute Gasteiger partial charge is 0.0175 e. The lowest BCUT2D eigenvalue weighted by Gasteiger charge is -2.20. The van der Waals surface area contributed by atoms with Crippen molar-refractivity contribution in [1.29, 1.82) is 0 Å². The summed E-state index contributed by atoms with van der Waals surface area (Å²) in [4.78, 5) is 0. The molecule has 0 saturated heterocycles. The summed E-state index contributed by atoms with van der Waals surface area (Å²) < 4.78 is 1.13. The van der Waals surface area contributed by atoms with Crippen LogP contribution in [0.4, 0.5) is 0 Å². The van der Waals surface area contributed by atoms with Crippen molar-refractivity contribution in [2.45, 2.75) is 26.7 Å². The Morgan fingerprint density at radius 1 is 0.810 bits per heavy atom. The zero-order chi connectivity index (χ0) is 14.8. The molecule has 2 aromatic carbocycles. The van der Waals surface area contributed by atoms with Crippen molar-refractivity contribution in [3.05, 3.63) is 81.3 Å². The zero-order valence-corrected chi connectivity index (χ0v) is 14.1. The third-order valence-electron chi connectivity index (χ3n) is 4.15. The van der Waals surface area contributed by atoms with Crippen LogP contribution >= 0.6 is 15.9 Å². The highest BCUT2D eigenvalue weighted by molar-refractivity contribution is 9.10. The maximum Gasteiger partial charge on any atom is 0.0175 e. The summed E-state index contributed by atoms with van der Waals surface area (Å²) in [6, 6.07) is 17.5. The van der Waals surface area contributed by atoms with Gasteiger partial charge in [0.05, 0.1) is 0 Å². The second-order valence-corrected chi connectivity index (χ2v) is 6.55. The molecule has 0 aliphatic heterocycles. The van der Waals surface area contributed by atoms with Gasteiger partial charge in [-0.3, -0.25) is 0 Å². The van der Waals surface area contributed by atoms with Gasteiger partial charge in [0.2, 0.25) is 0 Å². The van der Waals surface area contributed by atoms with Crippen LogP contribution in [0.1, 0.15) is 36.5 Å². The van der Waals surface area contributed by atoms with Crippen LogP contribution in [0.5, 0.6) is 0 Å². The van der Waals surface area contributed by atoms with E-state index in [1.807, 2.05) is 0 Å². The maximum atomic E-state index is 3.51. The van der Waals surface area contributed by atoms with E-state index in [9.17, 15) is 0 Å². The minimum Gasteiger partial charge on any atom is -0.0761 e. The lowest BCUT2D eigenvalue weighted by atomic mass is 9.84. The molecule has 3 rings (SSSR count). The molecule has 0 atom stereocenters. The Labute approximate surface area is 135 Å². The normalized spacial score (nSPS) is 15.1. The quantitative estimate of drug-likeness (QED) is 0.593. The maximum absolute atomic E-state index is 3.51. The van der Waals surface area contributed by atoms with Gasteiger partial charge in [-0.25, -0.2) is 0 Å². The molecule has 0 saturated carbocycles. The third-order valence-corrected chi connectivity index (χ3v) is 4.68. The SMILES string of the molecule is CC1=C(c2ccc(C)cc2)CCC=C1c1ccc(Br)cc1. The summed E-state index contributed by atoms with van der Waals surface area (Å²) >= 11 is 3.51. The van der Waals surface area contributed by atoms with Gasteiger partial charge in [-0.1, -0.05) is 64.0 Å². The van der Waals surface area contributed by atoms with Gasteiger partial charge < -0.3 is 0 Å². The molecule has 0 spiro atoms. The largest absolute Gasteiger partial charge is 0.0761 e. The van der Waals surface area contributed by atoms with E-state index in [1.165, 1.54) is 33.4 Å². The summed E-state index contributed by atoms with van der Waals surface area (Å²) in [7, 11) is 0. The molecule has 1 aliphatic carbocycles. The Balaban J connectivity index is 2.02. The van der Waals surface area contributed by atoms with Crippen LogP contribution in [0.3, 0.4) is 0 Å². The van der Waals surface area contributed by atoms with Gasteiger partial charge in [0, 0.05) is 4.47 Å². The fraction of sp³-hybridized carbons (Fsp3) is 0.200. The molecular formula is C20H19Br. The molecule has 1 heteroatoms. The molecule has 0 aromatic heterocycles. The number of hydrogen-bond donors (Lipinski definition) is 0. The van der Waals surface area contributed by atoms with E-state index < -0.39 is 0 Å². The summed E-state index contributed by atoms with van der Waals surface area (Å²) in [5, 5.41) is 0. The van der Waals surface area contributed by atoms with E-state index in [2.05, 4.69) is 84.4 Å². The van der Waals surface area contributed by atoms with Crippen molar-refractivity contribution in [3.63, 3.8) is 0 Å². The first-order valence-corrected chi connectivity index (χ1v) is 8.18. The molecule has 106 valence electrons. The standard InChI is InChI=1S/C20H19Br/c1-14-6-8-16(9-7-14)19-4-3-5-20(15(19)2)17-10-12-18(21)13-11-17/h5-13H,3-4H2,1-2H3. The van der Waals surface area contributed by atoms with Gasteiger partial charge >= 0.3 is 0 Å². The lowest BCUT2D eigenvalue weighted by Crippen LogP contribution is -1.98. The molecule has 0 heterocycles. The summed E-state index contributed by atoms with van der Waals surface area (Å²) in [6.07, 6.45) is 4.62. The fourth-order valence-corrected chi connectivity index (χ4v) is 3.21. The number of hydrogen-bond acceptors (Lipinski definition) is 0. The van der Waals surface area contributed by atoms with Crippen LogP contribution in [0.2, 0.25) is 0 Å². The first kappa shape index (κ1) is 14.3. The number of benzene rings is 2. The van der Waals surface area contributed by atoms with E-state index in [4.69, 9.17) is 0 Å². The molecule has 0 unspecified atom stereocenters. The predicted octanol–water partition coefficient (Wildman–Crippen LogP) is 6.41. The van der Waals surface area contributed by atoms with Crippen LogP contribution in [0.15, 0.2) is 64.7 Å². The molecular weight excluding hydrogens is 320 g/mol. The molecule has 0 N–H and O–H groups in total. The van der Waals surface area contributed by atoms with Crippen molar-refractivity contribution in [1.82, 2.24) is 0 Å². The molecule has 0 nitrogen and oxygen atoms in total. The van der Waals surface area contributed by atoms with Gasteiger partial charge in [-0.05, 0) is 66.7 Å². The summed E-state index contributed by atoms with van der Waals surface area (Å²) in [5.74, 6) is 0. The molecule has 0 fully saturated rings. The predicted molar refractivity (Wildman–Crippen MR) is 95.1 cm³/mol. The van der Waals surface area contributed by atoms with Crippen molar-refractivity contribution < 1.29 is 0 Å². The molecule has 0 amide bonds. The van der Waals surface area contributed by atoms with Gasteiger partial charge in [-0.15, -0.1) is 0 Å². The van der Waals surface area contributed by atoms with Crippen molar-refractivity contribution in [2.24, 2.45) is 0 Å². The van der Waals surface area contributed by atoms with Crippen LogP contribution in [0.25, 0.3) is 11.1 Å². The molecule has 0 radical (unpaired) electrons. The highest BCUT2D eigenvalue weighted by atomic mass is 79.9. The van der Waals surface area contributed by atoms with E-state index in [0.717, 1.165) is 17.3 Å². The third kappa shape index (κ3) is 3.03. The highest BCUT2D eigenvalue weighted by Crippen LogP contribution is 2.37. The number of rotatable bonds is 2. The number of halogens is 1. The number of allylic oxidation sites excluding steroid dienone is 4. The van der Waals surface area contributed by atoms with Crippen molar-refractivity contribution >= 4 is 27.1 Å². The van der Waals surface area contributed by atoms with Crippen molar-refractivity contribution in [2.75, 3.05) is 0 Å². The highest BCUT2D eigenvalue weighted by Gasteiger charge is 2.15. The average Bonchev–Trinajstić information content (AvgIpc) is 2.50. The first-order chi connectivity index (χ1) is 10.1. The van der Waals surface area contributed by atoms with Gasteiger partial charge in [0.15, 0.2) is 0 Å². The molecule has 0 bridgehead atoms. The number of aryl methyl sites for hydroxylation is 1. The van der Waals surface area contributed by atoms with E-state index in [-0.39, 0.29) is 0 Å². The topological polar surface area (TPSA) is 0 Å². The Bertz CT molecular complexity index is 701. The Morgan fingerprint density at radius 2 is 1.43 bits per heavy atom. The fourth-order valence-electron chi connectivity index (χ4n) is 2.94. The van der Waals surface area contributed by atoms with E-state index in [0.29, 0.717) is 0 Å². The summed E-state index contributed by atoms with van der Waals surface area (Å²) in [5.41, 5.74) is 8.25. The first-order valence-electron chi connectivity index (χ1n) is 7.38. The minimum atomic E-state index is 1.12. The van der Waals surface area contributed by atoms with Crippen LogP contribution in [0, 0.1) is 6.92 Å². The lowest BCUT2D eigenvalue weighted by molar-refractivity contribution is 1.04. The Hall–Kier alpha value is -1.60. The van der Waals surface area contributed by atoms with Crippen LogP contribution in [-0.4, -0.2) is 0 Å². The molecule has 21 heavy (non-hydrogen) atoms. The minimum absolute atomic E-state index is 1.12. The molecule has 2 aromatic rings. The molecule has 1 aliphatic rings. The van der Waals surface area contributed by atoms with Gasteiger partial charge in [-0.2, -0.15) is 0 Å². The second kappa shape index (κ2) is 6.03. The van der Waals surface area contributed by atoms with Gasteiger partial charge in [0.1, 0.15) is 0 Å². The van der Waals surface area contributed by atoms with Crippen LogP contribution < -0.4 is 0 Å². The monoisotopic (exact) mass is 338 g/mol. The van der Waals surface area contributed by atoms with Gasteiger partial charge in [0.25, 0.3) is 0 Å². The summed E-state index contributed by atoms with van der Waals surface area (Å²) in [6.45, 7) is 4.39. The Kier molecular flexibility index (Phi) is 4.12.